The molecule has 318 valence electrons. The lowest BCUT2D eigenvalue weighted by Gasteiger charge is -2.20. The summed E-state index contributed by atoms with van der Waals surface area (Å²) in [5.74, 6) is -2.48. The zero-order chi connectivity index (χ0) is 40.8. The maximum atomic E-state index is 12.6. The Bertz CT molecular complexity index is 1140. The lowest BCUT2D eigenvalue weighted by atomic mass is 10.1. The van der Waals surface area contributed by atoms with Crippen LogP contribution >= 0.6 is 7.82 Å². The Balaban J connectivity index is 4.48. The number of esters is 2. The van der Waals surface area contributed by atoms with E-state index in [1.54, 1.807) is 6.08 Å². The molecule has 13 heteroatoms. The number of phosphoric ester groups is 1. The number of carbonyl (C=O) groups is 3. The fourth-order valence-corrected chi connectivity index (χ4v) is 6.14. The van der Waals surface area contributed by atoms with Gasteiger partial charge >= 0.3 is 25.7 Å². The van der Waals surface area contributed by atoms with E-state index in [2.05, 4.69) is 42.7 Å². The van der Waals surface area contributed by atoms with Crippen LogP contribution in [0.25, 0.3) is 0 Å². The maximum Gasteiger partial charge on any atom is 0.472 e. The van der Waals surface area contributed by atoms with E-state index in [4.69, 9.17) is 24.8 Å². The third-order valence-electron chi connectivity index (χ3n) is 8.66. The van der Waals surface area contributed by atoms with Crippen molar-refractivity contribution in [3.05, 3.63) is 48.6 Å². The van der Waals surface area contributed by atoms with Gasteiger partial charge < -0.3 is 30.3 Å². The second-order valence-electron chi connectivity index (χ2n) is 13.9. The minimum absolute atomic E-state index is 0.134. The second-order valence-corrected chi connectivity index (χ2v) is 15.4. The molecule has 12 nitrogen and oxygen atoms in total. The third kappa shape index (κ3) is 36.8. The number of aliphatic hydroxyl groups excluding tert-OH is 1. The first kappa shape index (κ1) is 52.4. The van der Waals surface area contributed by atoms with Gasteiger partial charge in [0, 0.05) is 12.8 Å². The van der Waals surface area contributed by atoms with Crippen LogP contribution < -0.4 is 5.73 Å². The van der Waals surface area contributed by atoms with Crippen LogP contribution in [0.3, 0.4) is 0 Å². The Hall–Kier alpha value is -2.60. The van der Waals surface area contributed by atoms with Crippen molar-refractivity contribution in [2.45, 2.75) is 180 Å². The van der Waals surface area contributed by atoms with Gasteiger partial charge in [-0.2, -0.15) is 0 Å². The summed E-state index contributed by atoms with van der Waals surface area (Å²) in [5.41, 5.74) is 5.32. The van der Waals surface area contributed by atoms with Crippen LogP contribution in [0.4, 0.5) is 0 Å². The molecule has 4 atom stereocenters. The van der Waals surface area contributed by atoms with Gasteiger partial charge in [0.1, 0.15) is 12.6 Å². The number of hydrogen-bond donors (Lipinski definition) is 4. The average molecular weight is 800 g/mol. The van der Waals surface area contributed by atoms with E-state index in [-0.39, 0.29) is 19.4 Å². The van der Waals surface area contributed by atoms with Gasteiger partial charge in [-0.1, -0.05) is 140 Å². The zero-order valence-corrected chi connectivity index (χ0v) is 34.8. The maximum absolute atomic E-state index is 12.6. The van der Waals surface area contributed by atoms with E-state index in [1.807, 2.05) is 18.2 Å². The Labute approximate surface area is 331 Å². The van der Waals surface area contributed by atoms with E-state index in [0.717, 1.165) is 70.6 Å². The third-order valence-corrected chi connectivity index (χ3v) is 9.62. The van der Waals surface area contributed by atoms with Gasteiger partial charge in [0.25, 0.3) is 0 Å². The highest BCUT2D eigenvalue weighted by atomic mass is 31.2. The molecule has 0 aliphatic heterocycles. The van der Waals surface area contributed by atoms with Crippen molar-refractivity contribution in [3.8, 4) is 0 Å². The molecule has 0 spiro atoms. The number of carboxylic acid groups (broad SMARTS) is 1. The predicted molar refractivity (Wildman–Crippen MR) is 218 cm³/mol. The number of nitrogens with two attached hydrogens (primary N) is 1. The molecule has 0 fully saturated rings. The molecular formula is C42H74NO11P. The Morgan fingerprint density at radius 3 is 1.85 bits per heavy atom. The molecule has 0 bridgehead atoms. The van der Waals surface area contributed by atoms with E-state index in [9.17, 15) is 28.9 Å². The molecule has 0 aromatic heterocycles. The molecule has 0 heterocycles. The molecular weight excluding hydrogens is 725 g/mol. The van der Waals surface area contributed by atoms with Crippen LogP contribution in [0.1, 0.15) is 162 Å². The summed E-state index contributed by atoms with van der Waals surface area (Å²) in [5, 5.41) is 19.0. The number of carbonyl (C=O) groups excluding carboxylic acids is 2. The van der Waals surface area contributed by atoms with Gasteiger partial charge in [0.05, 0.1) is 19.3 Å². The molecule has 0 saturated heterocycles. The van der Waals surface area contributed by atoms with Crippen LogP contribution in [-0.2, 0) is 37.5 Å². The highest BCUT2D eigenvalue weighted by Gasteiger charge is 2.28. The van der Waals surface area contributed by atoms with Crippen molar-refractivity contribution in [3.63, 3.8) is 0 Å². The number of aliphatic carboxylic acids is 1. The number of allylic oxidation sites excluding steroid dienone is 7. The highest BCUT2D eigenvalue weighted by molar-refractivity contribution is 7.47. The Morgan fingerprint density at radius 1 is 0.673 bits per heavy atom. The largest absolute Gasteiger partial charge is 0.480 e. The second kappa shape index (κ2) is 37.0. The van der Waals surface area contributed by atoms with E-state index in [0.29, 0.717) is 19.3 Å². The molecule has 0 amide bonds. The normalized spacial score (nSPS) is 14.9. The number of hydrogen-bond acceptors (Lipinski definition) is 10. The minimum Gasteiger partial charge on any atom is -0.480 e. The molecule has 0 aromatic carbocycles. The van der Waals surface area contributed by atoms with Gasteiger partial charge in [0.15, 0.2) is 6.10 Å². The lowest BCUT2D eigenvalue weighted by Crippen LogP contribution is -2.34. The molecule has 2 unspecified atom stereocenters. The first-order chi connectivity index (χ1) is 26.5. The van der Waals surface area contributed by atoms with Crippen molar-refractivity contribution >= 4 is 25.7 Å². The first-order valence-electron chi connectivity index (χ1n) is 20.8. The van der Waals surface area contributed by atoms with Crippen molar-refractivity contribution in [2.24, 2.45) is 5.73 Å². The van der Waals surface area contributed by atoms with Crippen LogP contribution in [0.5, 0.6) is 0 Å². The highest BCUT2D eigenvalue weighted by Crippen LogP contribution is 2.43. The molecule has 0 aliphatic carbocycles. The molecule has 55 heavy (non-hydrogen) atoms. The van der Waals surface area contributed by atoms with E-state index < -0.39 is 57.2 Å². The van der Waals surface area contributed by atoms with Gasteiger partial charge in [-0.25, -0.2) is 4.57 Å². The van der Waals surface area contributed by atoms with E-state index >= 15 is 0 Å². The monoisotopic (exact) mass is 799 g/mol. The topological polar surface area (TPSA) is 192 Å². The zero-order valence-electron chi connectivity index (χ0n) is 33.9. The van der Waals surface area contributed by atoms with Crippen LogP contribution in [-0.4, -0.2) is 71.1 Å². The van der Waals surface area contributed by atoms with Gasteiger partial charge in [-0.15, -0.1) is 0 Å². The summed E-state index contributed by atoms with van der Waals surface area (Å²) in [4.78, 5) is 45.9. The fourth-order valence-electron chi connectivity index (χ4n) is 5.36. The molecule has 0 radical (unpaired) electrons. The van der Waals surface area contributed by atoms with Gasteiger partial charge in [-0.05, 0) is 57.8 Å². The van der Waals surface area contributed by atoms with Crippen LogP contribution in [0.15, 0.2) is 48.6 Å². The number of phosphoric acid groups is 1. The molecule has 0 aliphatic rings. The molecule has 5 N–H and O–H groups in total. The Morgan fingerprint density at radius 2 is 1.24 bits per heavy atom. The summed E-state index contributed by atoms with van der Waals surface area (Å²) in [7, 11) is -4.74. The van der Waals surface area contributed by atoms with E-state index in [1.165, 1.54) is 44.9 Å². The Kier molecular flexibility index (Phi) is 35.3. The molecule has 0 rings (SSSR count). The number of unbranched alkanes of at least 4 members (excludes halogenated alkanes) is 15. The summed E-state index contributed by atoms with van der Waals surface area (Å²) >= 11 is 0. The summed E-state index contributed by atoms with van der Waals surface area (Å²) < 4.78 is 32.6. The van der Waals surface area contributed by atoms with Gasteiger partial charge in [0.2, 0.25) is 0 Å². The first-order valence-corrected chi connectivity index (χ1v) is 22.3. The number of carboxylic acids is 1. The number of aliphatic hydroxyl groups is 1. The summed E-state index contributed by atoms with van der Waals surface area (Å²) in [6.45, 7) is 2.54. The van der Waals surface area contributed by atoms with Crippen molar-refractivity contribution in [1.82, 2.24) is 0 Å². The quantitative estimate of drug-likeness (QED) is 0.0152. The van der Waals surface area contributed by atoms with Crippen molar-refractivity contribution in [2.75, 3.05) is 19.8 Å². The standard InChI is InChI=1S/C42H74NO11P/c1-3-5-7-9-11-12-13-14-15-16-17-18-20-24-29-33-41(46)54-38(35-52-55(49,50)53-36-39(43)42(47)48)34-51-40(45)32-28-25-21-23-27-31-37(44)30-26-22-19-10-8-6-4-2/h6,8,12-13,19,22,26,30,37-39,44H,3-5,7,9-11,14-18,20-21,23-25,27-29,31-36,43H2,1-2H3,(H,47,48)(H,49,50)/b8-6+,13-12-,22-19+,30-26+/t37?,38-,39+/m1/s1. The van der Waals surface area contributed by atoms with Crippen molar-refractivity contribution in [1.29, 1.82) is 0 Å². The average Bonchev–Trinajstić information content (AvgIpc) is 3.15. The fraction of sp³-hybridized carbons (Fsp3) is 0.738. The molecule has 0 aromatic rings. The van der Waals surface area contributed by atoms with Crippen molar-refractivity contribution < 1.29 is 52.6 Å². The summed E-state index contributed by atoms with van der Waals surface area (Å²) in [6.07, 6.45) is 36.2. The van der Waals surface area contributed by atoms with Crippen LogP contribution in [0.2, 0.25) is 0 Å². The summed E-state index contributed by atoms with van der Waals surface area (Å²) in [6, 6.07) is -1.54. The molecule has 0 saturated carbocycles. The lowest BCUT2D eigenvalue weighted by molar-refractivity contribution is -0.161. The van der Waals surface area contributed by atoms with Gasteiger partial charge in [-0.3, -0.25) is 23.4 Å². The number of ether oxygens (including phenoxy) is 2. The minimum atomic E-state index is -4.74. The SMILES string of the molecule is CC/C=C/C/C=C/C=C/C(O)CCCCCCCC(=O)OC[C@H](COP(=O)(O)OC[C@H](N)C(=O)O)OC(=O)CCCCCCCCC/C=C\CCCCCC. The van der Waals surface area contributed by atoms with Crippen LogP contribution in [0, 0.1) is 0 Å². The smallest absolute Gasteiger partial charge is 0.472 e. The number of rotatable bonds is 38. The predicted octanol–water partition coefficient (Wildman–Crippen LogP) is 9.58.